The van der Waals surface area contributed by atoms with Crippen LogP contribution >= 0.6 is 23.2 Å². The molecule has 152 valence electrons. The number of halogens is 2. The molecule has 1 aliphatic heterocycles. The first-order valence-corrected chi connectivity index (χ1v) is 10.3. The van der Waals surface area contributed by atoms with E-state index in [0.717, 1.165) is 11.1 Å². The van der Waals surface area contributed by atoms with Gasteiger partial charge in [0.2, 0.25) is 0 Å². The third-order valence-corrected chi connectivity index (χ3v) is 5.63. The van der Waals surface area contributed by atoms with E-state index in [-0.39, 0.29) is 5.41 Å². The second-order valence-corrected chi connectivity index (χ2v) is 8.97. The van der Waals surface area contributed by atoms with Crippen LogP contribution < -0.4 is 0 Å². The molecule has 1 aromatic heterocycles. The molecular formula is C25H20Cl2O3. The van der Waals surface area contributed by atoms with Crippen molar-refractivity contribution in [3.8, 4) is 11.3 Å². The fourth-order valence-corrected chi connectivity index (χ4v) is 3.45. The summed E-state index contributed by atoms with van der Waals surface area (Å²) in [5, 5.41) is 0.936. The number of rotatable bonds is 3. The highest BCUT2D eigenvalue weighted by Crippen LogP contribution is 2.32. The Morgan fingerprint density at radius 3 is 2.23 bits per heavy atom. The highest BCUT2D eigenvalue weighted by Gasteiger charge is 2.23. The van der Waals surface area contributed by atoms with E-state index in [4.69, 9.17) is 32.4 Å². The zero-order chi connectivity index (χ0) is 21.5. The van der Waals surface area contributed by atoms with Gasteiger partial charge >= 0.3 is 5.97 Å². The van der Waals surface area contributed by atoms with Crippen LogP contribution in [0.4, 0.5) is 0 Å². The van der Waals surface area contributed by atoms with E-state index in [1.165, 1.54) is 5.56 Å². The minimum absolute atomic E-state index is 0.0651. The maximum Gasteiger partial charge on any atom is 0.343 e. The third-order valence-electron chi connectivity index (χ3n) is 4.89. The van der Waals surface area contributed by atoms with Crippen LogP contribution in [0.15, 0.2) is 70.7 Å². The van der Waals surface area contributed by atoms with Crippen molar-refractivity contribution in [2.45, 2.75) is 26.2 Å². The van der Waals surface area contributed by atoms with Crippen molar-refractivity contribution in [1.29, 1.82) is 0 Å². The number of esters is 1. The number of hydrogen-bond donors (Lipinski definition) is 0. The molecule has 0 unspecified atom stereocenters. The smallest absolute Gasteiger partial charge is 0.343 e. The summed E-state index contributed by atoms with van der Waals surface area (Å²) in [6.45, 7) is 6.48. The highest BCUT2D eigenvalue weighted by atomic mass is 35.5. The maximum atomic E-state index is 12.3. The number of ether oxygens (including phenoxy) is 1. The molecule has 0 saturated carbocycles. The van der Waals surface area contributed by atoms with E-state index in [2.05, 4.69) is 32.9 Å². The summed E-state index contributed by atoms with van der Waals surface area (Å²) in [5.74, 6) is 1.30. The predicted molar refractivity (Wildman–Crippen MR) is 121 cm³/mol. The van der Waals surface area contributed by atoms with E-state index in [1.54, 1.807) is 30.4 Å². The van der Waals surface area contributed by atoms with Crippen molar-refractivity contribution in [3.05, 3.63) is 93.2 Å². The fourth-order valence-electron chi connectivity index (χ4n) is 3.15. The average molecular weight is 439 g/mol. The summed E-state index contributed by atoms with van der Waals surface area (Å²) < 4.78 is 11.3. The molecule has 4 rings (SSSR count). The van der Waals surface area contributed by atoms with E-state index < -0.39 is 5.97 Å². The first kappa shape index (κ1) is 20.5. The molecule has 0 fully saturated rings. The summed E-state index contributed by atoms with van der Waals surface area (Å²) >= 11 is 12.0. The summed E-state index contributed by atoms with van der Waals surface area (Å²) in [6, 6.07) is 17.0. The molecule has 0 bridgehead atoms. The topological polar surface area (TPSA) is 39.4 Å². The Kier molecular flexibility index (Phi) is 5.35. The maximum absolute atomic E-state index is 12.3. The largest absolute Gasteiger partial charge is 0.457 e. The molecule has 0 saturated heterocycles. The molecule has 0 atom stereocenters. The van der Waals surface area contributed by atoms with E-state index in [1.807, 2.05) is 24.3 Å². The van der Waals surface area contributed by atoms with E-state index >= 15 is 0 Å². The Morgan fingerprint density at radius 2 is 1.57 bits per heavy atom. The molecule has 2 aromatic carbocycles. The van der Waals surface area contributed by atoms with Gasteiger partial charge in [0.05, 0.1) is 15.6 Å². The standard InChI is InChI=1S/C25H20Cl2O3/c1-25(2,3)18-7-4-15(5-8-18)23-14-17(24(28)30-23)12-19-9-11-22(29-19)16-6-10-20(26)21(27)13-16/h4-14H,1-3H3/b17-12+. The van der Waals surface area contributed by atoms with Crippen molar-refractivity contribution in [2.75, 3.05) is 0 Å². The van der Waals surface area contributed by atoms with Crippen molar-refractivity contribution in [2.24, 2.45) is 0 Å². The molecule has 5 heteroatoms. The van der Waals surface area contributed by atoms with Gasteiger partial charge < -0.3 is 9.15 Å². The van der Waals surface area contributed by atoms with Crippen LogP contribution in [0.5, 0.6) is 0 Å². The molecule has 3 nitrogen and oxygen atoms in total. The van der Waals surface area contributed by atoms with Crippen molar-refractivity contribution in [3.63, 3.8) is 0 Å². The number of furan rings is 1. The van der Waals surface area contributed by atoms with Crippen LogP contribution in [0.3, 0.4) is 0 Å². The highest BCUT2D eigenvalue weighted by molar-refractivity contribution is 6.42. The van der Waals surface area contributed by atoms with Gasteiger partial charge in [-0.2, -0.15) is 0 Å². The molecule has 0 radical (unpaired) electrons. The first-order chi connectivity index (χ1) is 14.2. The fraction of sp³-hybridized carbons (Fsp3) is 0.160. The van der Waals surface area contributed by atoms with Gasteiger partial charge in [-0.25, -0.2) is 4.79 Å². The van der Waals surface area contributed by atoms with Crippen molar-refractivity contribution < 1.29 is 13.9 Å². The molecule has 0 amide bonds. The number of carbonyl (C=O) groups is 1. The van der Waals surface area contributed by atoms with Crippen LogP contribution in [0.2, 0.25) is 10.0 Å². The van der Waals surface area contributed by atoms with Crippen LogP contribution in [0.1, 0.15) is 37.7 Å². The Hall–Kier alpha value is -2.75. The lowest BCUT2D eigenvalue weighted by Crippen LogP contribution is -2.10. The van der Waals surface area contributed by atoms with Crippen LogP contribution in [-0.4, -0.2) is 5.97 Å². The van der Waals surface area contributed by atoms with E-state index in [9.17, 15) is 4.79 Å². The lowest BCUT2D eigenvalue weighted by atomic mass is 9.86. The second kappa shape index (κ2) is 7.82. The normalized spacial score (nSPS) is 15.4. The third kappa shape index (κ3) is 4.23. The minimum atomic E-state index is -0.405. The summed E-state index contributed by atoms with van der Waals surface area (Å²) in [7, 11) is 0. The summed E-state index contributed by atoms with van der Waals surface area (Å²) in [6.07, 6.45) is 3.40. The lowest BCUT2D eigenvalue weighted by Gasteiger charge is -2.19. The van der Waals surface area contributed by atoms with Crippen molar-refractivity contribution >= 4 is 41.0 Å². The molecular weight excluding hydrogens is 419 g/mol. The van der Waals surface area contributed by atoms with Crippen LogP contribution in [0.25, 0.3) is 23.2 Å². The number of hydrogen-bond acceptors (Lipinski definition) is 3. The van der Waals surface area contributed by atoms with Gasteiger partial charge in [-0.1, -0.05) is 68.2 Å². The zero-order valence-electron chi connectivity index (χ0n) is 16.8. The van der Waals surface area contributed by atoms with Gasteiger partial charge in [0.1, 0.15) is 17.3 Å². The number of cyclic esters (lactones) is 1. The van der Waals surface area contributed by atoms with E-state index in [0.29, 0.717) is 32.9 Å². The first-order valence-electron chi connectivity index (χ1n) is 9.52. The van der Waals surface area contributed by atoms with Crippen molar-refractivity contribution in [1.82, 2.24) is 0 Å². The molecule has 2 heterocycles. The van der Waals surface area contributed by atoms with Gasteiger partial charge in [0.25, 0.3) is 0 Å². The van der Waals surface area contributed by atoms with Gasteiger partial charge in [-0.05, 0) is 53.5 Å². The Labute approximate surface area is 185 Å². The summed E-state index contributed by atoms with van der Waals surface area (Å²) in [5.41, 5.74) is 3.38. The molecule has 0 N–H and O–H groups in total. The molecule has 0 spiro atoms. The second-order valence-electron chi connectivity index (χ2n) is 8.16. The van der Waals surface area contributed by atoms with Gasteiger partial charge in [-0.15, -0.1) is 0 Å². The zero-order valence-corrected chi connectivity index (χ0v) is 18.3. The van der Waals surface area contributed by atoms with Crippen LogP contribution in [-0.2, 0) is 14.9 Å². The SMILES string of the molecule is CC(C)(C)c1ccc(C2=C/C(=C\c3ccc(-c4ccc(Cl)c(Cl)c4)o3)C(=O)O2)cc1. The quantitative estimate of drug-likeness (QED) is 0.313. The Balaban J connectivity index is 1.58. The number of carbonyl (C=O) groups excluding carboxylic acids is 1. The molecule has 0 aliphatic carbocycles. The van der Waals surface area contributed by atoms with Gasteiger partial charge in [-0.3, -0.25) is 0 Å². The minimum Gasteiger partial charge on any atom is -0.457 e. The van der Waals surface area contributed by atoms with Gasteiger partial charge in [0, 0.05) is 11.1 Å². The van der Waals surface area contributed by atoms with Gasteiger partial charge in [0.15, 0.2) is 0 Å². The molecule has 3 aromatic rings. The Bertz CT molecular complexity index is 1180. The van der Waals surface area contributed by atoms with Crippen LogP contribution in [0, 0.1) is 0 Å². The Morgan fingerprint density at radius 1 is 0.867 bits per heavy atom. The monoisotopic (exact) mass is 438 g/mol. The molecule has 1 aliphatic rings. The summed E-state index contributed by atoms with van der Waals surface area (Å²) in [4.78, 5) is 12.3. The number of benzene rings is 2. The molecule has 30 heavy (non-hydrogen) atoms. The average Bonchev–Trinajstić information content (AvgIpc) is 3.31. The predicted octanol–water partition coefficient (Wildman–Crippen LogP) is 7.53. The lowest BCUT2D eigenvalue weighted by molar-refractivity contribution is -0.130.